The summed E-state index contributed by atoms with van der Waals surface area (Å²) >= 11 is 0. The zero-order valence-corrected chi connectivity index (χ0v) is 11.5. The lowest BCUT2D eigenvalue weighted by molar-refractivity contribution is 0.462. The number of hydrogen-bond acceptors (Lipinski definition) is 4. The summed E-state index contributed by atoms with van der Waals surface area (Å²) < 4.78 is 30.4. The molecule has 0 bridgehead atoms. The fourth-order valence-electron chi connectivity index (χ4n) is 1.42. The maximum absolute atomic E-state index is 11.9. The van der Waals surface area contributed by atoms with Crippen LogP contribution in [-0.4, -0.2) is 31.8 Å². The number of ether oxygens (including phenoxy) is 1. The van der Waals surface area contributed by atoms with Crippen molar-refractivity contribution in [2.24, 2.45) is 0 Å². The van der Waals surface area contributed by atoms with Crippen molar-refractivity contribution in [1.29, 1.82) is 0 Å². The lowest BCUT2D eigenvalue weighted by Crippen LogP contribution is -2.22. The molecular weight excluding hydrogens is 264 g/mol. The minimum Gasteiger partial charge on any atom is -0.439 e. The van der Waals surface area contributed by atoms with Gasteiger partial charge in [-0.3, -0.25) is 0 Å². The fourth-order valence-corrected chi connectivity index (χ4v) is 2.32. The predicted molar refractivity (Wildman–Crippen MR) is 71.6 cm³/mol. The first-order valence-electron chi connectivity index (χ1n) is 5.61. The van der Waals surface area contributed by atoms with Crippen LogP contribution in [0.3, 0.4) is 0 Å². The second kappa shape index (κ2) is 5.38. The molecule has 0 fully saturated rings. The number of pyridine rings is 1. The van der Waals surface area contributed by atoms with Gasteiger partial charge in [-0.15, -0.1) is 0 Å². The predicted octanol–water partition coefficient (Wildman–Crippen LogP) is 2.12. The third-order valence-corrected chi connectivity index (χ3v) is 4.29. The van der Waals surface area contributed by atoms with Gasteiger partial charge in [0, 0.05) is 26.4 Å². The van der Waals surface area contributed by atoms with Gasteiger partial charge in [-0.05, 0) is 30.3 Å². The SMILES string of the molecule is CN(C)S(=O)(=O)c1ccc(Oc2ccccn2)cc1. The first kappa shape index (κ1) is 13.5. The molecule has 0 atom stereocenters. The molecule has 0 spiro atoms. The highest BCUT2D eigenvalue weighted by Crippen LogP contribution is 2.21. The smallest absolute Gasteiger partial charge is 0.242 e. The molecule has 0 saturated heterocycles. The third-order valence-electron chi connectivity index (χ3n) is 2.46. The molecule has 5 nitrogen and oxygen atoms in total. The van der Waals surface area contributed by atoms with Gasteiger partial charge in [0.05, 0.1) is 4.90 Å². The van der Waals surface area contributed by atoms with E-state index in [0.29, 0.717) is 11.6 Å². The van der Waals surface area contributed by atoms with Crippen molar-refractivity contribution in [3.8, 4) is 11.6 Å². The van der Waals surface area contributed by atoms with Crippen LogP contribution in [0.5, 0.6) is 11.6 Å². The van der Waals surface area contributed by atoms with E-state index >= 15 is 0 Å². The average molecular weight is 278 g/mol. The van der Waals surface area contributed by atoms with E-state index in [-0.39, 0.29) is 4.90 Å². The van der Waals surface area contributed by atoms with Crippen molar-refractivity contribution < 1.29 is 13.2 Å². The maximum atomic E-state index is 11.9. The van der Waals surface area contributed by atoms with Gasteiger partial charge in [0.25, 0.3) is 0 Å². The summed E-state index contributed by atoms with van der Waals surface area (Å²) in [4.78, 5) is 4.25. The average Bonchev–Trinajstić information content (AvgIpc) is 2.40. The Morgan fingerprint density at radius 1 is 1.05 bits per heavy atom. The lowest BCUT2D eigenvalue weighted by Gasteiger charge is -2.11. The monoisotopic (exact) mass is 278 g/mol. The molecule has 0 radical (unpaired) electrons. The van der Waals surface area contributed by atoms with Gasteiger partial charge in [0.1, 0.15) is 5.75 Å². The number of aromatic nitrogens is 1. The largest absolute Gasteiger partial charge is 0.439 e. The molecule has 0 unspecified atom stereocenters. The van der Waals surface area contributed by atoms with Crippen molar-refractivity contribution in [1.82, 2.24) is 9.29 Å². The maximum Gasteiger partial charge on any atom is 0.242 e. The van der Waals surface area contributed by atoms with Crippen LogP contribution >= 0.6 is 0 Å². The summed E-state index contributed by atoms with van der Waals surface area (Å²) in [7, 11) is -0.417. The molecule has 1 aromatic carbocycles. The van der Waals surface area contributed by atoms with Crippen molar-refractivity contribution in [3.63, 3.8) is 0 Å². The quantitative estimate of drug-likeness (QED) is 0.859. The molecule has 6 heteroatoms. The summed E-state index contributed by atoms with van der Waals surface area (Å²) in [5.41, 5.74) is 0. The van der Waals surface area contributed by atoms with E-state index in [9.17, 15) is 8.42 Å². The van der Waals surface area contributed by atoms with Crippen LogP contribution in [0.4, 0.5) is 0 Å². The highest BCUT2D eigenvalue weighted by Gasteiger charge is 2.16. The Morgan fingerprint density at radius 2 is 1.74 bits per heavy atom. The van der Waals surface area contributed by atoms with E-state index < -0.39 is 10.0 Å². The van der Waals surface area contributed by atoms with Crippen LogP contribution in [0.15, 0.2) is 53.6 Å². The number of rotatable bonds is 4. The van der Waals surface area contributed by atoms with Crippen LogP contribution < -0.4 is 4.74 Å². The number of nitrogens with zero attached hydrogens (tertiary/aromatic N) is 2. The topological polar surface area (TPSA) is 59.5 Å². The van der Waals surface area contributed by atoms with E-state index in [1.807, 2.05) is 6.07 Å². The molecule has 100 valence electrons. The zero-order valence-electron chi connectivity index (χ0n) is 10.6. The van der Waals surface area contributed by atoms with E-state index in [1.54, 1.807) is 30.5 Å². The van der Waals surface area contributed by atoms with Gasteiger partial charge in [0.2, 0.25) is 15.9 Å². The van der Waals surface area contributed by atoms with Crippen LogP contribution in [0.2, 0.25) is 0 Å². The molecule has 0 N–H and O–H groups in total. The fraction of sp³-hybridized carbons (Fsp3) is 0.154. The highest BCUT2D eigenvalue weighted by molar-refractivity contribution is 7.89. The summed E-state index contributed by atoms with van der Waals surface area (Å²) in [6.45, 7) is 0. The van der Waals surface area contributed by atoms with Gasteiger partial charge < -0.3 is 4.74 Å². The molecule has 2 aromatic rings. The number of sulfonamides is 1. The molecule has 0 saturated carbocycles. The Balaban J connectivity index is 2.20. The summed E-state index contributed by atoms with van der Waals surface area (Å²) in [5, 5.41) is 0. The highest BCUT2D eigenvalue weighted by atomic mass is 32.2. The van der Waals surface area contributed by atoms with Crippen molar-refractivity contribution in [2.75, 3.05) is 14.1 Å². The summed E-state index contributed by atoms with van der Waals surface area (Å²) in [6.07, 6.45) is 1.63. The molecule has 0 aliphatic rings. The van der Waals surface area contributed by atoms with Gasteiger partial charge in [-0.1, -0.05) is 6.07 Å². The number of benzene rings is 1. The lowest BCUT2D eigenvalue weighted by atomic mass is 10.3. The Morgan fingerprint density at radius 3 is 2.26 bits per heavy atom. The first-order chi connectivity index (χ1) is 9.00. The van der Waals surface area contributed by atoms with Crippen molar-refractivity contribution in [2.45, 2.75) is 4.90 Å². The Kier molecular flexibility index (Phi) is 3.82. The van der Waals surface area contributed by atoms with E-state index in [4.69, 9.17) is 4.74 Å². The zero-order chi connectivity index (χ0) is 13.9. The van der Waals surface area contributed by atoms with Crippen molar-refractivity contribution in [3.05, 3.63) is 48.7 Å². The normalized spacial score (nSPS) is 11.5. The molecule has 0 aliphatic carbocycles. The van der Waals surface area contributed by atoms with Crippen LogP contribution in [0, 0.1) is 0 Å². The van der Waals surface area contributed by atoms with E-state index in [1.165, 1.54) is 30.5 Å². The molecular formula is C13H14N2O3S. The Hall–Kier alpha value is -1.92. The molecule has 19 heavy (non-hydrogen) atoms. The van der Waals surface area contributed by atoms with Gasteiger partial charge in [0.15, 0.2) is 0 Å². The van der Waals surface area contributed by atoms with Crippen molar-refractivity contribution >= 4 is 10.0 Å². The van der Waals surface area contributed by atoms with E-state index in [2.05, 4.69) is 4.98 Å². The minimum absolute atomic E-state index is 0.228. The number of hydrogen-bond donors (Lipinski definition) is 0. The molecule has 0 amide bonds. The van der Waals surface area contributed by atoms with Gasteiger partial charge >= 0.3 is 0 Å². The van der Waals surface area contributed by atoms with Gasteiger partial charge in [-0.25, -0.2) is 17.7 Å². The minimum atomic E-state index is -3.40. The third kappa shape index (κ3) is 3.10. The first-order valence-corrected chi connectivity index (χ1v) is 7.05. The second-order valence-corrected chi connectivity index (χ2v) is 6.18. The van der Waals surface area contributed by atoms with Crippen LogP contribution in [-0.2, 0) is 10.0 Å². The summed E-state index contributed by atoms with van der Waals surface area (Å²) in [5.74, 6) is 1.00. The van der Waals surface area contributed by atoms with Gasteiger partial charge in [-0.2, -0.15) is 0 Å². The van der Waals surface area contributed by atoms with E-state index in [0.717, 1.165) is 0 Å². The second-order valence-electron chi connectivity index (χ2n) is 4.03. The summed E-state index contributed by atoms with van der Waals surface area (Å²) in [6, 6.07) is 11.6. The molecule has 1 aromatic heterocycles. The Labute approximate surface area is 112 Å². The van der Waals surface area contributed by atoms with Crippen LogP contribution in [0.1, 0.15) is 0 Å². The van der Waals surface area contributed by atoms with Crippen LogP contribution in [0.25, 0.3) is 0 Å². The standard InChI is InChI=1S/C13H14N2O3S/c1-15(2)19(16,17)12-8-6-11(7-9-12)18-13-5-3-4-10-14-13/h3-10H,1-2H3. The molecule has 0 aliphatic heterocycles. The molecule has 2 rings (SSSR count). The molecule has 1 heterocycles. The Bertz CT molecular complexity index is 637.